The topological polar surface area (TPSA) is 29.3 Å². The van der Waals surface area contributed by atoms with Gasteiger partial charge < -0.3 is 5.73 Å². The quantitative estimate of drug-likeness (QED) is 0.743. The number of hydrogen-bond acceptors (Lipinski definition) is 2. The van der Waals surface area contributed by atoms with E-state index in [1.54, 1.807) is 0 Å². The van der Waals surface area contributed by atoms with Crippen LogP contribution in [0.4, 0.5) is 5.69 Å². The van der Waals surface area contributed by atoms with E-state index in [-0.39, 0.29) is 0 Å². The largest absolute Gasteiger partial charge is 0.398 e. The summed E-state index contributed by atoms with van der Waals surface area (Å²) in [6, 6.07) is 12.1. The fourth-order valence-corrected chi connectivity index (χ4v) is 3.93. The lowest BCUT2D eigenvalue weighted by Crippen LogP contribution is -2.34. The third kappa shape index (κ3) is 4.05. The van der Waals surface area contributed by atoms with E-state index < -0.39 is 0 Å². The Morgan fingerprint density at radius 3 is 2.50 bits per heavy atom. The fraction of sp³-hybridized carbons (Fsp3) is 0.400. The zero-order chi connectivity index (χ0) is 17.1. The average molecular weight is 363 g/mol. The summed E-state index contributed by atoms with van der Waals surface area (Å²) in [7, 11) is 0. The highest BCUT2D eigenvalue weighted by atomic mass is 35.5. The average Bonchev–Trinajstić information content (AvgIpc) is 2.57. The molecular weight excluding hydrogens is 339 g/mol. The summed E-state index contributed by atoms with van der Waals surface area (Å²) in [4.78, 5) is 2.51. The zero-order valence-electron chi connectivity index (χ0n) is 14.1. The molecule has 2 aromatic carbocycles. The zero-order valence-corrected chi connectivity index (χ0v) is 15.6. The summed E-state index contributed by atoms with van der Waals surface area (Å²) in [6.45, 7) is 5.30. The molecule has 1 fully saturated rings. The Morgan fingerprint density at radius 1 is 1.08 bits per heavy atom. The van der Waals surface area contributed by atoms with E-state index in [0.29, 0.717) is 16.0 Å². The molecule has 24 heavy (non-hydrogen) atoms. The minimum absolute atomic E-state index is 0.654. The second-order valence-corrected chi connectivity index (χ2v) is 7.56. The van der Waals surface area contributed by atoms with E-state index in [2.05, 4.69) is 24.0 Å². The Hall–Kier alpha value is -1.22. The molecule has 0 aliphatic carbocycles. The molecule has 0 spiro atoms. The molecule has 1 saturated heterocycles. The molecule has 2 nitrogen and oxygen atoms in total. The predicted molar refractivity (Wildman–Crippen MR) is 104 cm³/mol. The van der Waals surface area contributed by atoms with Crippen LogP contribution >= 0.6 is 23.2 Å². The standard InChI is InChI=1S/C20H24Cl2N2/c1-14-4-2-7-19(23)17(14)13-24-10-8-15(9-11-24)12-16-5-3-6-18(21)20(16)22/h2-7,15H,8-13,23H2,1H3. The first-order valence-electron chi connectivity index (χ1n) is 8.54. The van der Waals surface area contributed by atoms with Crippen molar-refractivity contribution in [1.82, 2.24) is 4.90 Å². The van der Waals surface area contributed by atoms with Crippen LogP contribution in [0.25, 0.3) is 0 Å². The maximum absolute atomic E-state index is 6.33. The van der Waals surface area contributed by atoms with Crippen molar-refractivity contribution in [2.45, 2.75) is 32.7 Å². The van der Waals surface area contributed by atoms with Crippen LogP contribution in [0.2, 0.25) is 10.0 Å². The number of piperidine rings is 1. The molecule has 4 heteroatoms. The van der Waals surface area contributed by atoms with Gasteiger partial charge in [0.2, 0.25) is 0 Å². The Labute approximate surface area is 154 Å². The molecular formula is C20H24Cl2N2. The van der Waals surface area contributed by atoms with Crippen LogP contribution in [0.15, 0.2) is 36.4 Å². The van der Waals surface area contributed by atoms with E-state index >= 15 is 0 Å². The van der Waals surface area contributed by atoms with E-state index in [4.69, 9.17) is 28.9 Å². The molecule has 0 radical (unpaired) electrons. The number of benzene rings is 2. The smallest absolute Gasteiger partial charge is 0.0624 e. The second-order valence-electron chi connectivity index (χ2n) is 6.78. The number of likely N-dealkylation sites (tertiary alicyclic amines) is 1. The lowest BCUT2D eigenvalue weighted by Gasteiger charge is -2.32. The van der Waals surface area contributed by atoms with Gasteiger partial charge in [-0.15, -0.1) is 0 Å². The molecule has 1 aliphatic heterocycles. The van der Waals surface area contributed by atoms with Gasteiger partial charge in [-0.2, -0.15) is 0 Å². The molecule has 1 aliphatic rings. The van der Waals surface area contributed by atoms with E-state index in [1.807, 2.05) is 24.3 Å². The number of nitrogens with zero attached hydrogens (tertiary/aromatic N) is 1. The summed E-state index contributed by atoms with van der Waals surface area (Å²) in [6.07, 6.45) is 3.39. The molecule has 0 amide bonds. The Morgan fingerprint density at radius 2 is 1.79 bits per heavy atom. The number of hydrogen-bond donors (Lipinski definition) is 1. The van der Waals surface area contributed by atoms with Crippen LogP contribution in [0, 0.1) is 12.8 Å². The first-order chi connectivity index (χ1) is 11.5. The molecule has 128 valence electrons. The van der Waals surface area contributed by atoms with Gasteiger partial charge in [0.25, 0.3) is 0 Å². The minimum Gasteiger partial charge on any atom is -0.398 e. The normalized spacial score (nSPS) is 16.5. The number of rotatable bonds is 4. The van der Waals surface area contributed by atoms with Crippen LogP contribution in [0.1, 0.15) is 29.5 Å². The number of halogens is 2. The Kier molecular flexibility index (Phi) is 5.70. The first-order valence-corrected chi connectivity index (χ1v) is 9.29. The first kappa shape index (κ1) is 17.6. The van der Waals surface area contributed by atoms with Crippen molar-refractivity contribution < 1.29 is 0 Å². The summed E-state index contributed by atoms with van der Waals surface area (Å²) >= 11 is 12.4. The minimum atomic E-state index is 0.654. The third-order valence-electron chi connectivity index (χ3n) is 5.08. The number of nitrogen functional groups attached to an aromatic ring is 1. The molecule has 2 N–H and O–H groups in total. The van der Waals surface area contributed by atoms with E-state index in [0.717, 1.165) is 31.7 Å². The van der Waals surface area contributed by atoms with Crippen molar-refractivity contribution in [1.29, 1.82) is 0 Å². The summed E-state index contributed by atoms with van der Waals surface area (Å²) in [5.41, 5.74) is 10.8. The summed E-state index contributed by atoms with van der Waals surface area (Å²) in [5.74, 6) is 0.673. The van der Waals surface area contributed by atoms with Gasteiger partial charge in [0.05, 0.1) is 10.0 Å². The molecule has 0 saturated carbocycles. The summed E-state index contributed by atoms with van der Waals surface area (Å²) in [5, 5.41) is 1.37. The van der Waals surface area contributed by atoms with Crippen LogP contribution in [-0.2, 0) is 13.0 Å². The van der Waals surface area contributed by atoms with Crippen molar-refractivity contribution in [3.05, 3.63) is 63.1 Å². The Balaban J connectivity index is 1.57. The van der Waals surface area contributed by atoms with Gasteiger partial charge in [-0.3, -0.25) is 4.90 Å². The van der Waals surface area contributed by atoms with Crippen molar-refractivity contribution in [2.24, 2.45) is 5.92 Å². The lowest BCUT2D eigenvalue weighted by molar-refractivity contribution is 0.177. The van der Waals surface area contributed by atoms with Crippen LogP contribution in [0.3, 0.4) is 0 Å². The molecule has 0 aromatic heterocycles. The molecule has 0 unspecified atom stereocenters. The van der Waals surface area contributed by atoms with Crippen molar-refractivity contribution in [2.75, 3.05) is 18.8 Å². The maximum Gasteiger partial charge on any atom is 0.0624 e. The maximum atomic E-state index is 6.33. The van der Waals surface area contributed by atoms with Gasteiger partial charge in [-0.05, 0) is 74.0 Å². The molecule has 0 atom stereocenters. The van der Waals surface area contributed by atoms with Crippen LogP contribution in [0.5, 0.6) is 0 Å². The van der Waals surface area contributed by atoms with Crippen molar-refractivity contribution in [3.8, 4) is 0 Å². The van der Waals surface area contributed by atoms with Crippen molar-refractivity contribution in [3.63, 3.8) is 0 Å². The lowest BCUT2D eigenvalue weighted by atomic mass is 9.90. The van der Waals surface area contributed by atoms with Gasteiger partial charge in [0.1, 0.15) is 0 Å². The fourth-order valence-electron chi connectivity index (χ4n) is 3.53. The molecule has 2 aromatic rings. The molecule has 0 bridgehead atoms. The van der Waals surface area contributed by atoms with Gasteiger partial charge in [0, 0.05) is 12.2 Å². The third-order valence-corrected chi connectivity index (χ3v) is 5.93. The predicted octanol–water partition coefficient (Wildman–Crippen LogP) is 5.34. The van der Waals surface area contributed by atoms with Gasteiger partial charge in [-0.1, -0.05) is 47.5 Å². The number of anilines is 1. The van der Waals surface area contributed by atoms with Gasteiger partial charge >= 0.3 is 0 Å². The highest BCUT2D eigenvalue weighted by molar-refractivity contribution is 6.42. The van der Waals surface area contributed by atoms with Crippen LogP contribution < -0.4 is 5.73 Å². The van der Waals surface area contributed by atoms with Gasteiger partial charge in [0.15, 0.2) is 0 Å². The highest BCUT2D eigenvalue weighted by Crippen LogP contribution is 2.30. The number of aryl methyl sites for hydroxylation is 1. The molecule has 1 heterocycles. The van der Waals surface area contributed by atoms with E-state index in [1.165, 1.54) is 29.5 Å². The van der Waals surface area contributed by atoms with Gasteiger partial charge in [-0.25, -0.2) is 0 Å². The highest BCUT2D eigenvalue weighted by Gasteiger charge is 2.21. The number of nitrogens with two attached hydrogens (primary N) is 1. The summed E-state index contributed by atoms with van der Waals surface area (Å²) < 4.78 is 0. The van der Waals surface area contributed by atoms with E-state index in [9.17, 15) is 0 Å². The van der Waals surface area contributed by atoms with Crippen molar-refractivity contribution >= 4 is 28.9 Å². The monoisotopic (exact) mass is 362 g/mol. The van der Waals surface area contributed by atoms with Crippen LogP contribution in [-0.4, -0.2) is 18.0 Å². The second kappa shape index (κ2) is 7.77. The molecule has 3 rings (SSSR count). The SMILES string of the molecule is Cc1cccc(N)c1CN1CCC(Cc2cccc(Cl)c2Cl)CC1. The Bertz CT molecular complexity index is 687.